The molecule has 6 atom stereocenters. The molecule has 0 saturated heterocycles. The number of anilines is 1. The number of primary amides is 1. The average Bonchev–Trinajstić information content (AvgIpc) is 2.97. The van der Waals surface area contributed by atoms with Crippen molar-refractivity contribution in [1.82, 2.24) is 4.90 Å². The minimum Gasteiger partial charge on any atom is -0.507 e. The third-order valence-corrected chi connectivity index (χ3v) is 10.5. The van der Waals surface area contributed by atoms with Gasteiger partial charge in [0.1, 0.15) is 5.75 Å². The molecule has 0 heterocycles. The molecule has 4 aliphatic rings. The van der Waals surface area contributed by atoms with Crippen LogP contribution in [0.15, 0.2) is 42.5 Å². The standard InChI is InChI=1S/C34H39N3O7/c1-37(2)28-22-16-19-15-21-23(36-20-10-8-18(9-11-20)14-17-6-4-3-5-7-17)12-13-24(38)26(21)29(39)25(19)31(41)34(22,44)32(42)27(30(28)40)33(35)43/h3-7,12-13,18-20,22,25,27-28,36,38,44H,8-11,14-16H2,1-2H3,(H2,35,43)/t18?,19-,20?,22-,25?,27?,28-,34-/m0/s1. The lowest BCUT2D eigenvalue weighted by Crippen LogP contribution is -2.74. The van der Waals surface area contributed by atoms with Crippen molar-refractivity contribution >= 4 is 34.7 Å². The summed E-state index contributed by atoms with van der Waals surface area (Å²) in [7, 11) is 3.15. The second-order valence-corrected chi connectivity index (χ2v) is 13.3. The summed E-state index contributed by atoms with van der Waals surface area (Å²) in [6.07, 6.45) is 5.35. The van der Waals surface area contributed by atoms with Crippen molar-refractivity contribution in [3.05, 3.63) is 59.2 Å². The SMILES string of the molecule is CN(C)[C@@H]1C(=O)C(C(N)=O)C(=O)[C@@]2(O)C(=O)C3C(=O)c4c(O)ccc(NC5CCC(Cc6ccccc6)CC5)c4C[C@H]3C[C@@H]12. The highest BCUT2D eigenvalue weighted by atomic mass is 16.3. The number of carbonyl (C=O) groups excluding carboxylic acids is 5. The molecule has 3 fully saturated rings. The number of benzene rings is 2. The number of hydrogen-bond acceptors (Lipinski definition) is 9. The summed E-state index contributed by atoms with van der Waals surface area (Å²) in [6, 6.07) is 12.7. The van der Waals surface area contributed by atoms with Gasteiger partial charge >= 0.3 is 0 Å². The van der Waals surface area contributed by atoms with Crippen molar-refractivity contribution in [1.29, 1.82) is 0 Å². The smallest absolute Gasteiger partial charge is 0.235 e. The maximum atomic E-state index is 14.0. The fourth-order valence-electron chi connectivity index (χ4n) is 8.42. The van der Waals surface area contributed by atoms with E-state index in [0.717, 1.165) is 37.8 Å². The molecule has 1 amide bonds. The Kier molecular flexibility index (Phi) is 7.70. The van der Waals surface area contributed by atoms with Gasteiger partial charge in [0, 0.05) is 17.6 Å². The van der Waals surface area contributed by atoms with Crippen LogP contribution in [0.4, 0.5) is 5.69 Å². The molecule has 0 aromatic heterocycles. The Labute approximate surface area is 256 Å². The molecular formula is C34H39N3O7. The molecule has 2 aromatic carbocycles. The molecule has 6 rings (SSSR count). The van der Waals surface area contributed by atoms with Gasteiger partial charge in [-0.3, -0.25) is 28.9 Å². The first-order valence-electron chi connectivity index (χ1n) is 15.4. The second kappa shape index (κ2) is 11.2. The van der Waals surface area contributed by atoms with Crippen molar-refractivity contribution in [3.8, 4) is 5.75 Å². The van der Waals surface area contributed by atoms with E-state index in [1.165, 1.54) is 16.5 Å². The van der Waals surface area contributed by atoms with E-state index in [1.807, 2.05) is 6.07 Å². The highest BCUT2D eigenvalue weighted by molar-refractivity contribution is 6.32. The molecule has 5 N–H and O–H groups in total. The predicted molar refractivity (Wildman–Crippen MR) is 161 cm³/mol. The van der Waals surface area contributed by atoms with Gasteiger partial charge in [0.15, 0.2) is 34.7 Å². The number of nitrogens with two attached hydrogens (primary N) is 1. The molecule has 4 aliphatic carbocycles. The van der Waals surface area contributed by atoms with Crippen molar-refractivity contribution in [2.45, 2.75) is 62.6 Å². The molecule has 10 nitrogen and oxygen atoms in total. The predicted octanol–water partition coefficient (Wildman–Crippen LogP) is 2.08. The maximum absolute atomic E-state index is 14.0. The molecule has 0 aliphatic heterocycles. The summed E-state index contributed by atoms with van der Waals surface area (Å²) >= 11 is 0. The number of nitrogens with zero attached hydrogens (tertiary/aromatic N) is 1. The summed E-state index contributed by atoms with van der Waals surface area (Å²) in [4.78, 5) is 68.3. The van der Waals surface area contributed by atoms with Gasteiger partial charge in [-0.25, -0.2) is 0 Å². The van der Waals surface area contributed by atoms with Crippen LogP contribution in [0.5, 0.6) is 5.75 Å². The van der Waals surface area contributed by atoms with Crippen molar-refractivity contribution in [3.63, 3.8) is 0 Å². The highest BCUT2D eigenvalue weighted by Gasteiger charge is 2.69. The van der Waals surface area contributed by atoms with Gasteiger partial charge in [0.2, 0.25) is 5.91 Å². The summed E-state index contributed by atoms with van der Waals surface area (Å²) in [5.41, 5.74) is 5.34. The van der Waals surface area contributed by atoms with Crippen molar-refractivity contribution < 1.29 is 34.2 Å². The Hall–Kier alpha value is -3.89. The summed E-state index contributed by atoms with van der Waals surface area (Å²) in [5.74, 6) is -9.75. The van der Waals surface area contributed by atoms with Gasteiger partial charge in [0.05, 0.1) is 17.5 Å². The lowest BCUT2D eigenvalue weighted by atomic mass is 9.52. The first-order chi connectivity index (χ1) is 20.9. The van der Waals surface area contributed by atoms with Gasteiger partial charge in [-0.2, -0.15) is 0 Å². The number of amides is 1. The lowest BCUT2D eigenvalue weighted by molar-refractivity contribution is -0.181. The van der Waals surface area contributed by atoms with Crippen LogP contribution in [0.3, 0.4) is 0 Å². The van der Waals surface area contributed by atoms with E-state index in [2.05, 4.69) is 29.6 Å². The number of rotatable bonds is 6. The molecule has 0 spiro atoms. The van der Waals surface area contributed by atoms with Crippen LogP contribution in [-0.2, 0) is 32.0 Å². The first kappa shape index (κ1) is 30.1. The minimum atomic E-state index is -2.72. The number of aromatic hydroxyl groups is 1. The van der Waals surface area contributed by atoms with Crippen LogP contribution in [0.25, 0.3) is 0 Å². The number of Topliss-reactive ketones (excluding diaryl/α,β-unsaturated/α-hetero) is 4. The summed E-state index contributed by atoms with van der Waals surface area (Å²) < 4.78 is 0. The molecular weight excluding hydrogens is 562 g/mol. The number of ketones is 4. The van der Waals surface area contributed by atoms with Crippen LogP contribution >= 0.6 is 0 Å². The van der Waals surface area contributed by atoms with Crippen molar-refractivity contribution in [2.75, 3.05) is 19.4 Å². The Balaban J connectivity index is 1.27. The third-order valence-electron chi connectivity index (χ3n) is 10.5. The number of fused-ring (bicyclic) bond motifs is 3. The van der Waals surface area contributed by atoms with Gasteiger partial charge in [-0.1, -0.05) is 30.3 Å². The van der Waals surface area contributed by atoms with E-state index in [4.69, 9.17) is 5.73 Å². The quantitative estimate of drug-likeness (QED) is 0.286. The van der Waals surface area contributed by atoms with E-state index in [-0.39, 0.29) is 30.2 Å². The number of phenolic OH excluding ortho intramolecular Hbond substituents is 1. The topological polar surface area (TPSA) is 167 Å². The number of aliphatic hydroxyl groups is 1. The van der Waals surface area contributed by atoms with Gasteiger partial charge in [-0.05, 0) is 94.1 Å². The number of nitrogens with one attached hydrogen (secondary N) is 1. The molecule has 232 valence electrons. The van der Waals surface area contributed by atoms with E-state index in [0.29, 0.717) is 11.5 Å². The van der Waals surface area contributed by atoms with Crippen LogP contribution in [0.2, 0.25) is 0 Å². The van der Waals surface area contributed by atoms with Crippen LogP contribution in [0.1, 0.15) is 53.6 Å². The summed E-state index contributed by atoms with van der Waals surface area (Å²) in [6.45, 7) is 0. The van der Waals surface area contributed by atoms with Crippen molar-refractivity contribution in [2.24, 2.45) is 35.3 Å². The lowest BCUT2D eigenvalue weighted by Gasteiger charge is -2.52. The van der Waals surface area contributed by atoms with E-state index in [1.54, 1.807) is 20.2 Å². The molecule has 10 heteroatoms. The number of phenols is 1. The minimum absolute atomic E-state index is 0.0133. The zero-order chi connectivity index (χ0) is 31.5. The zero-order valence-electron chi connectivity index (χ0n) is 25.0. The van der Waals surface area contributed by atoms with E-state index in [9.17, 15) is 34.2 Å². The number of likely N-dealkylation sites (N-methyl/N-ethyl adjacent to an activating group) is 1. The van der Waals surface area contributed by atoms with Crippen LogP contribution < -0.4 is 11.1 Å². The molecule has 2 aromatic rings. The Morgan fingerprint density at radius 3 is 2.32 bits per heavy atom. The molecule has 0 bridgehead atoms. The fourth-order valence-corrected chi connectivity index (χ4v) is 8.42. The summed E-state index contributed by atoms with van der Waals surface area (Å²) in [5, 5.41) is 26.2. The normalized spacial score (nSPS) is 33.4. The third kappa shape index (κ3) is 4.75. The first-order valence-corrected chi connectivity index (χ1v) is 15.4. The van der Waals surface area contributed by atoms with E-state index < -0.39 is 64.4 Å². The average molecular weight is 602 g/mol. The van der Waals surface area contributed by atoms with Gasteiger partial charge in [-0.15, -0.1) is 0 Å². The van der Waals surface area contributed by atoms with Gasteiger partial charge in [0.25, 0.3) is 0 Å². The Morgan fingerprint density at radius 1 is 1.00 bits per heavy atom. The monoisotopic (exact) mass is 601 g/mol. The highest BCUT2D eigenvalue weighted by Crippen LogP contribution is 2.51. The number of carbonyl (C=O) groups is 5. The second-order valence-electron chi connectivity index (χ2n) is 13.3. The zero-order valence-corrected chi connectivity index (χ0v) is 25.0. The molecule has 3 saturated carbocycles. The van der Waals surface area contributed by atoms with Crippen LogP contribution in [0, 0.1) is 29.6 Å². The fraction of sp³-hybridized carbons (Fsp3) is 0.500. The maximum Gasteiger partial charge on any atom is 0.235 e. The Bertz CT molecular complexity index is 1530. The number of hydrogen-bond donors (Lipinski definition) is 4. The van der Waals surface area contributed by atoms with Gasteiger partial charge < -0.3 is 21.3 Å². The largest absolute Gasteiger partial charge is 0.507 e. The Morgan fingerprint density at radius 2 is 1.68 bits per heavy atom. The van der Waals surface area contributed by atoms with E-state index >= 15 is 0 Å². The molecule has 0 radical (unpaired) electrons. The molecule has 44 heavy (non-hydrogen) atoms. The molecule has 2 unspecified atom stereocenters. The van der Waals surface area contributed by atoms with Crippen LogP contribution in [-0.4, -0.2) is 75.9 Å².